The summed E-state index contributed by atoms with van der Waals surface area (Å²) in [5, 5.41) is 9.00. The first-order chi connectivity index (χ1) is 6.99. The highest BCUT2D eigenvalue weighted by molar-refractivity contribution is 6.07. The van der Waals surface area contributed by atoms with Crippen LogP contribution in [-0.2, 0) is 9.59 Å². The van der Waals surface area contributed by atoms with Gasteiger partial charge in [-0.15, -0.1) is 0 Å². The molecule has 3 N–H and O–H groups in total. The lowest BCUT2D eigenvalue weighted by Crippen LogP contribution is -2.35. The van der Waals surface area contributed by atoms with Gasteiger partial charge >= 0.3 is 5.97 Å². The average Bonchev–Trinajstić information content (AvgIpc) is 2.22. The Morgan fingerprint density at radius 1 is 1.40 bits per heavy atom. The quantitative estimate of drug-likeness (QED) is 0.362. The van der Waals surface area contributed by atoms with E-state index in [2.05, 4.69) is 6.58 Å². The third-order valence-corrected chi connectivity index (χ3v) is 2.58. The van der Waals surface area contributed by atoms with Crippen molar-refractivity contribution in [1.82, 2.24) is 0 Å². The van der Waals surface area contributed by atoms with Gasteiger partial charge in [-0.1, -0.05) is 19.4 Å². The molecule has 0 aromatic rings. The van der Waals surface area contributed by atoms with Crippen LogP contribution in [0.25, 0.3) is 0 Å². The van der Waals surface area contributed by atoms with E-state index in [-0.39, 0.29) is 0 Å². The van der Waals surface area contributed by atoms with Crippen LogP contribution in [0.15, 0.2) is 12.7 Å². The van der Waals surface area contributed by atoms with Crippen molar-refractivity contribution in [1.29, 1.82) is 0 Å². The van der Waals surface area contributed by atoms with Crippen molar-refractivity contribution in [2.45, 2.75) is 32.6 Å². The smallest absolute Gasteiger partial charge is 0.317 e. The minimum absolute atomic E-state index is 0.340. The molecule has 0 aliphatic carbocycles. The highest BCUT2D eigenvalue weighted by Crippen LogP contribution is 2.26. The average molecular weight is 213 g/mol. The Labute approximate surface area is 90.2 Å². The van der Waals surface area contributed by atoms with Gasteiger partial charge in [0.15, 0.2) is 5.78 Å². The zero-order chi connectivity index (χ0) is 11.9. The maximum Gasteiger partial charge on any atom is 0.317 e. The number of rotatable bonds is 8. The molecule has 0 radical (unpaired) electrons. The van der Waals surface area contributed by atoms with Crippen molar-refractivity contribution in [3.63, 3.8) is 0 Å². The Bertz CT molecular complexity index is 250. The maximum absolute atomic E-state index is 11.4. The van der Waals surface area contributed by atoms with Gasteiger partial charge in [-0.05, 0) is 32.4 Å². The zero-order valence-electron chi connectivity index (χ0n) is 9.16. The molecule has 0 saturated carbocycles. The van der Waals surface area contributed by atoms with E-state index in [0.29, 0.717) is 19.4 Å². The number of carbonyl (C=O) groups excluding carboxylic acids is 1. The van der Waals surface area contributed by atoms with Crippen molar-refractivity contribution >= 4 is 11.8 Å². The van der Waals surface area contributed by atoms with E-state index in [0.717, 1.165) is 18.9 Å². The molecule has 0 aromatic carbocycles. The maximum atomic E-state index is 11.4. The molecule has 0 aliphatic rings. The summed E-state index contributed by atoms with van der Waals surface area (Å²) in [7, 11) is 0. The number of nitrogens with two attached hydrogens (primary N) is 1. The SMILES string of the molecule is C=CC(=O)C(C)(CCCCCN)C(=O)O. The Kier molecular flexibility index (Phi) is 5.86. The second kappa shape index (κ2) is 6.35. The van der Waals surface area contributed by atoms with Gasteiger partial charge in [0.25, 0.3) is 0 Å². The van der Waals surface area contributed by atoms with E-state index >= 15 is 0 Å². The number of allylic oxidation sites excluding steroid dienone is 1. The molecule has 0 spiro atoms. The third-order valence-electron chi connectivity index (χ3n) is 2.58. The van der Waals surface area contributed by atoms with Crippen LogP contribution in [0.3, 0.4) is 0 Å². The number of ketones is 1. The number of hydrogen-bond acceptors (Lipinski definition) is 3. The van der Waals surface area contributed by atoms with Crippen LogP contribution in [0.5, 0.6) is 0 Å². The lowest BCUT2D eigenvalue weighted by molar-refractivity contribution is -0.152. The first kappa shape index (κ1) is 13.8. The largest absolute Gasteiger partial charge is 0.480 e. The van der Waals surface area contributed by atoms with Gasteiger partial charge in [0.2, 0.25) is 0 Å². The van der Waals surface area contributed by atoms with Crippen molar-refractivity contribution in [3.05, 3.63) is 12.7 Å². The summed E-state index contributed by atoms with van der Waals surface area (Å²) < 4.78 is 0. The van der Waals surface area contributed by atoms with E-state index < -0.39 is 17.2 Å². The minimum Gasteiger partial charge on any atom is -0.480 e. The second-order valence-electron chi connectivity index (χ2n) is 3.80. The lowest BCUT2D eigenvalue weighted by atomic mass is 9.80. The van der Waals surface area contributed by atoms with Crippen molar-refractivity contribution in [3.8, 4) is 0 Å². The number of carboxylic acid groups (broad SMARTS) is 1. The third kappa shape index (κ3) is 3.83. The molecule has 86 valence electrons. The molecule has 1 atom stereocenters. The minimum atomic E-state index is -1.32. The lowest BCUT2D eigenvalue weighted by Gasteiger charge is -2.21. The van der Waals surface area contributed by atoms with Crippen LogP contribution >= 0.6 is 0 Å². The molecule has 4 nitrogen and oxygen atoms in total. The topological polar surface area (TPSA) is 80.4 Å². The molecule has 0 bridgehead atoms. The monoisotopic (exact) mass is 213 g/mol. The Hall–Kier alpha value is -1.16. The summed E-state index contributed by atoms with van der Waals surface area (Å²) >= 11 is 0. The Balaban J connectivity index is 4.33. The summed E-state index contributed by atoms with van der Waals surface area (Å²) in [4.78, 5) is 22.4. The van der Waals surface area contributed by atoms with Gasteiger partial charge in [-0.3, -0.25) is 9.59 Å². The number of hydrogen-bond donors (Lipinski definition) is 2. The molecule has 0 aromatic heterocycles. The molecule has 0 aliphatic heterocycles. The van der Waals surface area contributed by atoms with Crippen molar-refractivity contribution < 1.29 is 14.7 Å². The molecular formula is C11H19NO3. The highest BCUT2D eigenvalue weighted by atomic mass is 16.4. The van der Waals surface area contributed by atoms with Crippen LogP contribution in [-0.4, -0.2) is 23.4 Å². The van der Waals surface area contributed by atoms with Crippen LogP contribution < -0.4 is 5.73 Å². The predicted molar refractivity (Wildman–Crippen MR) is 58.5 cm³/mol. The molecule has 0 rings (SSSR count). The summed E-state index contributed by atoms with van der Waals surface area (Å²) in [5.74, 6) is -1.51. The number of carboxylic acids is 1. The number of unbranched alkanes of at least 4 members (excludes halogenated alkanes) is 2. The fraction of sp³-hybridized carbons (Fsp3) is 0.636. The molecule has 0 heterocycles. The number of carbonyl (C=O) groups is 2. The molecule has 0 saturated heterocycles. The van der Waals surface area contributed by atoms with E-state index in [4.69, 9.17) is 10.8 Å². The van der Waals surface area contributed by atoms with E-state index in [9.17, 15) is 9.59 Å². The first-order valence-electron chi connectivity index (χ1n) is 5.09. The van der Waals surface area contributed by atoms with Crippen LogP contribution in [0.1, 0.15) is 32.6 Å². The van der Waals surface area contributed by atoms with Gasteiger partial charge in [0.1, 0.15) is 5.41 Å². The van der Waals surface area contributed by atoms with Gasteiger partial charge in [-0.25, -0.2) is 0 Å². The molecular weight excluding hydrogens is 194 g/mol. The van der Waals surface area contributed by atoms with Gasteiger partial charge in [0, 0.05) is 0 Å². The Morgan fingerprint density at radius 3 is 2.40 bits per heavy atom. The second-order valence-corrected chi connectivity index (χ2v) is 3.80. The molecule has 4 heteroatoms. The normalized spacial score (nSPS) is 14.3. The first-order valence-corrected chi connectivity index (χ1v) is 5.09. The summed E-state index contributed by atoms with van der Waals surface area (Å²) in [5.41, 5.74) is 4.00. The van der Waals surface area contributed by atoms with Gasteiger partial charge in [-0.2, -0.15) is 0 Å². The highest BCUT2D eigenvalue weighted by Gasteiger charge is 2.38. The molecule has 1 unspecified atom stereocenters. The van der Waals surface area contributed by atoms with Crippen molar-refractivity contribution in [2.24, 2.45) is 11.1 Å². The molecule has 15 heavy (non-hydrogen) atoms. The van der Waals surface area contributed by atoms with Gasteiger partial charge < -0.3 is 10.8 Å². The summed E-state index contributed by atoms with van der Waals surface area (Å²) in [6.07, 6.45) is 3.82. The number of aliphatic carboxylic acids is 1. The van der Waals surface area contributed by atoms with Gasteiger partial charge in [0.05, 0.1) is 0 Å². The van der Waals surface area contributed by atoms with E-state index in [1.165, 1.54) is 6.92 Å². The van der Waals surface area contributed by atoms with Crippen LogP contribution in [0.4, 0.5) is 0 Å². The fourth-order valence-corrected chi connectivity index (χ4v) is 1.36. The Morgan fingerprint density at radius 2 is 2.00 bits per heavy atom. The summed E-state index contributed by atoms with van der Waals surface area (Å²) in [6, 6.07) is 0. The zero-order valence-corrected chi connectivity index (χ0v) is 9.16. The predicted octanol–water partition coefficient (Wildman–Crippen LogP) is 1.35. The van der Waals surface area contributed by atoms with Crippen LogP contribution in [0, 0.1) is 5.41 Å². The molecule has 0 fully saturated rings. The van der Waals surface area contributed by atoms with E-state index in [1.54, 1.807) is 0 Å². The summed E-state index contributed by atoms with van der Waals surface area (Å²) in [6.45, 7) is 5.36. The standard InChI is InChI=1S/C11H19NO3/c1-3-9(13)11(2,10(14)15)7-5-4-6-8-12/h3H,1,4-8,12H2,2H3,(H,14,15). The fourth-order valence-electron chi connectivity index (χ4n) is 1.36. The van der Waals surface area contributed by atoms with Crippen molar-refractivity contribution in [2.75, 3.05) is 6.54 Å². The van der Waals surface area contributed by atoms with Crippen LogP contribution in [0.2, 0.25) is 0 Å². The molecule has 0 amide bonds. The van der Waals surface area contributed by atoms with E-state index in [1.807, 2.05) is 0 Å².